The van der Waals surface area contributed by atoms with E-state index in [1.54, 1.807) is 6.92 Å². The molecule has 0 aliphatic rings. The van der Waals surface area contributed by atoms with Gasteiger partial charge in [-0.05, 0) is 13.0 Å². The van der Waals surface area contributed by atoms with Gasteiger partial charge in [-0.15, -0.1) is 0 Å². The number of carbonyl (C=O) groups excluding carboxylic acids is 1. The number of hydrogen-bond donors (Lipinski definition) is 0. The van der Waals surface area contributed by atoms with Gasteiger partial charge in [0.1, 0.15) is 5.69 Å². The van der Waals surface area contributed by atoms with Gasteiger partial charge in [0.25, 0.3) is 0 Å². The Bertz CT molecular complexity index is 406. The lowest BCUT2D eigenvalue weighted by Gasteiger charge is -2.13. The van der Waals surface area contributed by atoms with Crippen LogP contribution in [0, 0.1) is 0 Å². The van der Waals surface area contributed by atoms with Crippen LogP contribution in [0.5, 0.6) is 6.01 Å². The molecule has 100 valence electrons. The van der Waals surface area contributed by atoms with Crippen LogP contribution in [0.3, 0.4) is 0 Å². The van der Waals surface area contributed by atoms with Crippen molar-refractivity contribution in [2.24, 2.45) is 0 Å². The minimum atomic E-state index is -0.699. The third-order valence-corrected chi connectivity index (χ3v) is 2.06. The molecular formula is C11H16N2O5. The molecule has 1 aromatic rings. The standard InChI is InChI=1S/C11H16N2O5/c1-5-18-9(14)7-6-8(10(15-2)16-3)13-11(12-7)17-4/h6,10H,5H2,1-4H3. The van der Waals surface area contributed by atoms with Gasteiger partial charge in [-0.1, -0.05) is 0 Å². The number of aromatic nitrogens is 2. The molecule has 0 aliphatic carbocycles. The Hall–Kier alpha value is -1.73. The summed E-state index contributed by atoms with van der Waals surface area (Å²) in [6, 6.07) is 1.49. The number of esters is 1. The Morgan fingerprint density at radius 2 is 1.94 bits per heavy atom. The molecule has 1 rings (SSSR count). The highest BCUT2D eigenvalue weighted by atomic mass is 16.7. The lowest BCUT2D eigenvalue weighted by atomic mass is 10.3. The number of carbonyl (C=O) groups is 1. The van der Waals surface area contributed by atoms with Crippen LogP contribution in [0.15, 0.2) is 6.07 Å². The quantitative estimate of drug-likeness (QED) is 0.553. The van der Waals surface area contributed by atoms with E-state index in [-0.39, 0.29) is 18.3 Å². The highest BCUT2D eigenvalue weighted by molar-refractivity contribution is 5.87. The fourth-order valence-electron chi connectivity index (χ4n) is 1.30. The molecule has 0 radical (unpaired) electrons. The van der Waals surface area contributed by atoms with Crippen molar-refractivity contribution in [3.8, 4) is 6.01 Å². The minimum Gasteiger partial charge on any atom is -0.467 e. The summed E-state index contributed by atoms with van der Waals surface area (Å²) >= 11 is 0. The second-order valence-corrected chi connectivity index (χ2v) is 3.19. The van der Waals surface area contributed by atoms with Gasteiger partial charge in [0.15, 0.2) is 5.69 Å². The largest absolute Gasteiger partial charge is 0.467 e. The number of ether oxygens (including phenoxy) is 4. The van der Waals surface area contributed by atoms with E-state index in [9.17, 15) is 4.79 Å². The molecule has 1 heterocycles. The fraction of sp³-hybridized carbons (Fsp3) is 0.545. The Labute approximate surface area is 105 Å². The van der Waals surface area contributed by atoms with E-state index in [2.05, 4.69) is 9.97 Å². The molecule has 0 aromatic carbocycles. The van der Waals surface area contributed by atoms with E-state index in [1.165, 1.54) is 27.4 Å². The predicted octanol–water partition coefficient (Wildman–Crippen LogP) is 0.953. The molecule has 0 aliphatic heterocycles. The van der Waals surface area contributed by atoms with E-state index in [4.69, 9.17) is 18.9 Å². The van der Waals surface area contributed by atoms with Crippen molar-refractivity contribution in [2.45, 2.75) is 13.2 Å². The molecule has 0 saturated carbocycles. The summed E-state index contributed by atoms with van der Waals surface area (Å²) in [4.78, 5) is 19.6. The lowest BCUT2D eigenvalue weighted by Crippen LogP contribution is -2.13. The van der Waals surface area contributed by atoms with E-state index in [0.717, 1.165) is 0 Å². The van der Waals surface area contributed by atoms with Crippen LogP contribution >= 0.6 is 0 Å². The summed E-state index contributed by atoms with van der Waals surface area (Å²) in [7, 11) is 4.34. The lowest BCUT2D eigenvalue weighted by molar-refractivity contribution is -0.108. The van der Waals surface area contributed by atoms with Gasteiger partial charge in [-0.2, -0.15) is 9.97 Å². The van der Waals surface area contributed by atoms with Gasteiger partial charge < -0.3 is 18.9 Å². The van der Waals surface area contributed by atoms with Crippen molar-refractivity contribution < 1.29 is 23.7 Å². The average Bonchev–Trinajstić information content (AvgIpc) is 2.40. The number of methoxy groups -OCH3 is 3. The summed E-state index contributed by atoms with van der Waals surface area (Å²) < 4.78 is 19.9. The van der Waals surface area contributed by atoms with Gasteiger partial charge in [-0.25, -0.2) is 4.79 Å². The Kier molecular flexibility index (Phi) is 5.47. The second kappa shape index (κ2) is 6.87. The number of nitrogens with zero attached hydrogens (tertiary/aromatic N) is 2. The van der Waals surface area contributed by atoms with Crippen LogP contribution in [0.2, 0.25) is 0 Å². The maximum atomic E-state index is 11.6. The van der Waals surface area contributed by atoms with Crippen LogP contribution in [-0.4, -0.2) is 43.9 Å². The first-order valence-corrected chi connectivity index (χ1v) is 5.31. The number of rotatable bonds is 6. The Balaban J connectivity index is 3.12. The van der Waals surface area contributed by atoms with Gasteiger partial charge in [0.2, 0.25) is 6.29 Å². The topological polar surface area (TPSA) is 79.8 Å². The zero-order chi connectivity index (χ0) is 13.5. The molecule has 0 bridgehead atoms. The molecule has 1 aromatic heterocycles. The van der Waals surface area contributed by atoms with Crippen molar-refractivity contribution in [3.63, 3.8) is 0 Å². The SMILES string of the molecule is CCOC(=O)c1cc(C(OC)OC)nc(OC)n1. The first-order valence-electron chi connectivity index (χ1n) is 5.31. The molecule has 0 atom stereocenters. The Morgan fingerprint density at radius 1 is 1.28 bits per heavy atom. The Morgan fingerprint density at radius 3 is 2.44 bits per heavy atom. The first-order chi connectivity index (χ1) is 8.65. The fourth-order valence-corrected chi connectivity index (χ4v) is 1.30. The molecule has 7 nitrogen and oxygen atoms in total. The molecular weight excluding hydrogens is 240 g/mol. The molecule has 7 heteroatoms. The summed E-state index contributed by atoms with van der Waals surface area (Å²) in [5.41, 5.74) is 0.479. The summed E-state index contributed by atoms with van der Waals surface area (Å²) in [5, 5.41) is 0. The zero-order valence-corrected chi connectivity index (χ0v) is 10.8. The monoisotopic (exact) mass is 256 g/mol. The summed E-state index contributed by atoms with van der Waals surface area (Å²) in [6.45, 7) is 1.98. The average molecular weight is 256 g/mol. The summed E-state index contributed by atoms with van der Waals surface area (Å²) in [5.74, 6) is -0.551. The van der Waals surface area contributed by atoms with E-state index in [0.29, 0.717) is 5.69 Å². The summed E-state index contributed by atoms with van der Waals surface area (Å²) in [6.07, 6.45) is -0.699. The van der Waals surface area contributed by atoms with Crippen molar-refractivity contribution in [1.29, 1.82) is 0 Å². The first kappa shape index (κ1) is 14.3. The van der Waals surface area contributed by atoms with Crippen molar-refractivity contribution >= 4 is 5.97 Å². The van der Waals surface area contributed by atoms with Crippen molar-refractivity contribution in [1.82, 2.24) is 9.97 Å². The molecule has 0 saturated heterocycles. The van der Waals surface area contributed by atoms with Crippen molar-refractivity contribution in [3.05, 3.63) is 17.5 Å². The number of hydrogen-bond acceptors (Lipinski definition) is 7. The minimum absolute atomic E-state index is 0.0506. The highest BCUT2D eigenvalue weighted by Crippen LogP contribution is 2.18. The molecule has 0 N–H and O–H groups in total. The third kappa shape index (κ3) is 3.38. The van der Waals surface area contributed by atoms with Crippen LogP contribution in [0.25, 0.3) is 0 Å². The molecule has 0 fully saturated rings. The molecule has 0 amide bonds. The highest BCUT2D eigenvalue weighted by Gasteiger charge is 2.18. The maximum absolute atomic E-state index is 11.6. The van der Waals surface area contributed by atoms with E-state index in [1.807, 2.05) is 0 Å². The van der Waals surface area contributed by atoms with Crippen LogP contribution in [0.4, 0.5) is 0 Å². The van der Waals surface area contributed by atoms with Crippen molar-refractivity contribution in [2.75, 3.05) is 27.9 Å². The zero-order valence-electron chi connectivity index (χ0n) is 10.8. The smallest absolute Gasteiger partial charge is 0.357 e. The van der Waals surface area contributed by atoms with Crippen LogP contribution < -0.4 is 4.74 Å². The van der Waals surface area contributed by atoms with Gasteiger partial charge in [-0.3, -0.25) is 0 Å². The van der Waals surface area contributed by atoms with Crippen LogP contribution in [-0.2, 0) is 14.2 Å². The molecule has 0 unspecified atom stereocenters. The third-order valence-electron chi connectivity index (χ3n) is 2.06. The normalized spacial score (nSPS) is 10.5. The van der Waals surface area contributed by atoms with Gasteiger partial charge in [0.05, 0.1) is 13.7 Å². The van der Waals surface area contributed by atoms with E-state index >= 15 is 0 Å². The van der Waals surface area contributed by atoms with Gasteiger partial charge in [0, 0.05) is 14.2 Å². The second-order valence-electron chi connectivity index (χ2n) is 3.19. The van der Waals surface area contributed by atoms with Crippen LogP contribution in [0.1, 0.15) is 29.4 Å². The maximum Gasteiger partial charge on any atom is 0.357 e. The molecule has 18 heavy (non-hydrogen) atoms. The van der Waals surface area contributed by atoms with Gasteiger partial charge >= 0.3 is 12.0 Å². The predicted molar refractivity (Wildman–Crippen MR) is 61.3 cm³/mol. The van der Waals surface area contributed by atoms with E-state index < -0.39 is 12.3 Å². The molecule has 0 spiro atoms.